The van der Waals surface area contributed by atoms with Crippen LogP contribution < -0.4 is 29.6 Å². The molecule has 22 heteroatoms. The minimum Gasteiger partial charge on any atom is -0.379 e. The lowest BCUT2D eigenvalue weighted by molar-refractivity contribution is 0.101. The van der Waals surface area contributed by atoms with Crippen molar-refractivity contribution in [2.75, 3.05) is 21.3 Å². The number of benzene rings is 5. The summed E-state index contributed by atoms with van der Waals surface area (Å²) in [6, 6.07) is 40.0. The number of aryl methyl sites for hydroxylation is 2. The summed E-state index contributed by atoms with van der Waals surface area (Å²) in [5, 5.41) is 19.4. The van der Waals surface area contributed by atoms with Crippen LogP contribution in [0.1, 0.15) is 31.8 Å². The van der Waals surface area contributed by atoms with Crippen LogP contribution in [0.25, 0.3) is 22.5 Å². The molecular weight excluding hydrogens is 1180 g/mol. The number of aromatic nitrogens is 4. The normalized spacial score (nSPS) is 11.1. The number of nitrogens with zero attached hydrogens (tertiary/aromatic N) is 4. The van der Waals surface area contributed by atoms with Gasteiger partial charge in [-0.2, -0.15) is 16.8 Å². The van der Waals surface area contributed by atoms with Gasteiger partial charge in [0.2, 0.25) is 0 Å². The first-order chi connectivity index (χ1) is 36.6. The van der Waals surface area contributed by atoms with Crippen molar-refractivity contribution in [1.82, 2.24) is 19.9 Å². The molecule has 0 atom stereocenters. The Morgan fingerprint density at radius 2 is 1.01 bits per heavy atom. The van der Waals surface area contributed by atoms with E-state index in [0.29, 0.717) is 22.5 Å². The van der Waals surface area contributed by atoms with Gasteiger partial charge in [-0.1, -0.05) is 18.2 Å². The van der Waals surface area contributed by atoms with Gasteiger partial charge >= 0.3 is 20.2 Å². The van der Waals surface area contributed by atoms with Crippen molar-refractivity contribution in [3.8, 4) is 34.0 Å². The molecule has 10 rings (SSSR count). The van der Waals surface area contributed by atoms with E-state index in [1.165, 1.54) is 89.4 Å². The Labute approximate surface area is 463 Å². The number of thiazole rings is 2. The predicted molar refractivity (Wildman–Crippen MR) is 308 cm³/mol. The summed E-state index contributed by atoms with van der Waals surface area (Å²) in [7, 11) is -7.88. The number of pyridine rings is 2. The van der Waals surface area contributed by atoms with E-state index in [1.807, 2.05) is 85.3 Å². The van der Waals surface area contributed by atoms with Crippen molar-refractivity contribution >= 4 is 122 Å². The van der Waals surface area contributed by atoms with Crippen molar-refractivity contribution < 1.29 is 34.8 Å². The number of halogens is 1. The van der Waals surface area contributed by atoms with E-state index in [1.54, 1.807) is 48.4 Å². The van der Waals surface area contributed by atoms with Crippen LogP contribution in [0.15, 0.2) is 196 Å². The Hall–Kier alpha value is -7.87. The first kappa shape index (κ1) is 53.0. The Kier molecular flexibility index (Phi) is 16.6. The highest BCUT2D eigenvalue weighted by Crippen LogP contribution is 2.32. The van der Waals surface area contributed by atoms with Crippen LogP contribution in [0, 0.1) is 17.4 Å². The van der Waals surface area contributed by atoms with Gasteiger partial charge in [-0.3, -0.25) is 19.6 Å². The average molecular weight is 1220 g/mol. The van der Waals surface area contributed by atoms with Crippen molar-refractivity contribution in [3.63, 3.8) is 0 Å². The minimum atomic E-state index is -3.98. The zero-order chi connectivity index (χ0) is 53.2. The summed E-state index contributed by atoms with van der Waals surface area (Å²) in [4.78, 5) is 43.3. The lowest BCUT2D eigenvalue weighted by Crippen LogP contribution is -2.13. The number of anilines is 6. The second-order valence-electron chi connectivity index (χ2n) is 16.3. The van der Waals surface area contributed by atoms with Crippen molar-refractivity contribution in [3.05, 3.63) is 212 Å². The standard InChI is InChI=1S/C28H21IN4O4S2.C26H20N4O4S3/c1-18-4-9-22(15-25(18)32-28-33-26(17-38-28)20-3-2-14-30-16-20)31-27(34)19-5-10-23(11-6-19)37-39(35,36)24-12-7-21(29)8-13-24;1-17-6-9-20(14-22(17)29-26-30-23(16-36-26)19-4-2-12-27-15-19)28-25(31)18-7-10-21(11-8-18)34-37(32,33)24-5-3-13-35-24/h2-17H,1H3,(H,31,34)(H,32,33);2-16H,1H3,(H,28,31)(H,29,30). The molecule has 10 aromatic rings. The summed E-state index contributed by atoms with van der Waals surface area (Å²) >= 11 is 6.12. The molecule has 0 aliphatic carbocycles. The monoisotopic (exact) mass is 1220 g/mol. The maximum atomic E-state index is 12.9. The molecule has 2 amide bonds. The molecule has 0 fully saturated rings. The first-order valence-electron chi connectivity index (χ1n) is 22.6. The average Bonchev–Trinajstić information content (AvgIpc) is 4.24. The minimum absolute atomic E-state index is 0.0552. The van der Waals surface area contributed by atoms with Crippen molar-refractivity contribution in [2.45, 2.75) is 23.0 Å². The smallest absolute Gasteiger partial charge is 0.348 e. The van der Waals surface area contributed by atoms with Gasteiger partial charge in [0.15, 0.2) is 14.5 Å². The van der Waals surface area contributed by atoms with Gasteiger partial charge in [-0.25, -0.2) is 9.97 Å². The number of carbonyl (C=O) groups excluding carboxylic acids is 2. The number of nitrogens with one attached hydrogen (secondary N) is 4. The molecule has 0 unspecified atom stereocenters. The first-order valence-corrected chi connectivity index (χ1v) is 29.2. The van der Waals surface area contributed by atoms with Gasteiger partial charge in [0.25, 0.3) is 11.8 Å². The molecule has 5 aromatic carbocycles. The van der Waals surface area contributed by atoms with Crippen LogP contribution in [0.4, 0.5) is 33.0 Å². The van der Waals surface area contributed by atoms with Crippen LogP contribution in [0.3, 0.4) is 0 Å². The molecule has 0 spiro atoms. The molecule has 76 heavy (non-hydrogen) atoms. The van der Waals surface area contributed by atoms with E-state index >= 15 is 0 Å². The predicted octanol–water partition coefficient (Wildman–Crippen LogP) is 13.2. The summed E-state index contributed by atoms with van der Waals surface area (Å²) < 4.78 is 61.0. The van der Waals surface area contributed by atoms with Gasteiger partial charge in [0.1, 0.15) is 16.4 Å². The number of hydrogen-bond acceptors (Lipinski definition) is 17. The fourth-order valence-corrected chi connectivity index (χ4v) is 11.6. The zero-order valence-corrected chi connectivity index (χ0v) is 46.1. The fraction of sp³-hybridized carbons (Fsp3) is 0.0370. The van der Waals surface area contributed by atoms with E-state index in [4.69, 9.17) is 8.37 Å². The summed E-state index contributed by atoms with van der Waals surface area (Å²) in [5.41, 5.74) is 9.04. The highest BCUT2D eigenvalue weighted by Gasteiger charge is 2.20. The van der Waals surface area contributed by atoms with Crippen molar-refractivity contribution in [2.24, 2.45) is 0 Å². The molecule has 0 radical (unpaired) electrons. The Bertz CT molecular complexity index is 3870. The second-order valence-corrected chi connectivity index (χ2v) is 23.5. The maximum absolute atomic E-state index is 12.9. The molecule has 5 aromatic heterocycles. The molecule has 0 bridgehead atoms. The molecule has 382 valence electrons. The Balaban J connectivity index is 0.000000186. The summed E-state index contributed by atoms with van der Waals surface area (Å²) in [6.07, 6.45) is 6.97. The molecule has 0 aliphatic heterocycles. The molecule has 0 saturated heterocycles. The number of rotatable bonds is 16. The molecule has 16 nitrogen and oxygen atoms in total. The second kappa shape index (κ2) is 23.8. The topological polar surface area (TPSA) is 221 Å². The number of amides is 2. The Morgan fingerprint density at radius 3 is 1.45 bits per heavy atom. The number of carbonyl (C=O) groups is 2. The molecule has 5 heterocycles. The number of thiophene rings is 1. The van der Waals surface area contributed by atoms with E-state index in [0.717, 1.165) is 70.2 Å². The van der Waals surface area contributed by atoms with Crippen LogP contribution in [0.5, 0.6) is 11.5 Å². The largest absolute Gasteiger partial charge is 0.379 e. The van der Waals surface area contributed by atoms with E-state index in [-0.39, 0.29) is 32.4 Å². The highest BCUT2D eigenvalue weighted by molar-refractivity contribution is 14.1. The molecular formula is C54H41IN8O8S5. The van der Waals surface area contributed by atoms with Gasteiger partial charge in [0.05, 0.1) is 11.4 Å². The Morgan fingerprint density at radius 1 is 0.539 bits per heavy atom. The third-order valence-corrected chi connectivity index (χ3v) is 17.0. The quantitative estimate of drug-likeness (QED) is 0.0522. The van der Waals surface area contributed by atoms with Crippen LogP contribution >= 0.6 is 56.6 Å². The van der Waals surface area contributed by atoms with E-state index in [2.05, 4.69) is 63.8 Å². The maximum Gasteiger partial charge on any atom is 0.348 e. The van der Waals surface area contributed by atoms with Gasteiger partial charge < -0.3 is 29.6 Å². The van der Waals surface area contributed by atoms with Gasteiger partial charge in [0, 0.05) is 84.1 Å². The van der Waals surface area contributed by atoms with Gasteiger partial charge in [-0.05, 0) is 180 Å². The van der Waals surface area contributed by atoms with E-state index in [9.17, 15) is 26.4 Å². The lowest BCUT2D eigenvalue weighted by Gasteiger charge is -2.11. The summed E-state index contributed by atoms with van der Waals surface area (Å²) in [6.45, 7) is 3.93. The van der Waals surface area contributed by atoms with Crippen LogP contribution in [-0.4, -0.2) is 48.6 Å². The molecule has 0 aliphatic rings. The summed E-state index contributed by atoms with van der Waals surface area (Å²) in [5.74, 6) is -0.442. The van der Waals surface area contributed by atoms with Crippen LogP contribution in [-0.2, 0) is 20.2 Å². The zero-order valence-electron chi connectivity index (χ0n) is 39.9. The third kappa shape index (κ3) is 13.7. The fourth-order valence-electron chi connectivity index (χ4n) is 6.94. The van der Waals surface area contributed by atoms with Crippen molar-refractivity contribution in [1.29, 1.82) is 0 Å². The van der Waals surface area contributed by atoms with Gasteiger partial charge in [-0.15, -0.1) is 34.0 Å². The van der Waals surface area contributed by atoms with E-state index < -0.39 is 20.2 Å². The SMILES string of the molecule is Cc1ccc(NC(=O)c2ccc(OS(=O)(=O)c3ccc(I)cc3)cc2)cc1Nc1nc(-c2cccnc2)cs1.Cc1ccc(NC(=O)c2ccc(OS(=O)(=O)c3cccs3)cc2)cc1Nc1nc(-c2cccnc2)cs1. The number of hydrogen-bond donors (Lipinski definition) is 4. The highest BCUT2D eigenvalue weighted by atomic mass is 127. The molecule has 0 saturated carbocycles. The third-order valence-electron chi connectivity index (χ3n) is 10.9. The van der Waals surface area contributed by atoms with Crippen LogP contribution in [0.2, 0.25) is 0 Å². The lowest BCUT2D eigenvalue weighted by atomic mass is 10.1. The molecule has 4 N–H and O–H groups in total.